The lowest BCUT2D eigenvalue weighted by molar-refractivity contribution is 0.277. The van der Waals surface area contributed by atoms with Crippen molar-refractivity contribution in [2.45, 2.75) is 32.7 Å². The molecule has 1 atom stereocenters. The molecule has 0 bridgehead atoms. The monoisotopic (exact) mass is 332 g/mol. The number of rotatable bonds is 7. The number of halogens is 2. The highest BCUT2D eigenvalue weighted by atomic mass is 79.9. The van der Waals surface area contributed by atoms with Gasteiger partial charge in [0, 0.05) is 15.5 Å². The Morgan fingerprint density at radius 1 is 1.33 bits per heavy atom. The first-order valence-corrected chi connectivity index (χ1v) is 7.68. The Morgan fingerprint density at radius 2 is 2.06 bits per heavy atom. The molecule has 1 aromatic rings. The zero-order valence-corrected chi connectivity index (χ0v) is 13.5. The van der Waals surface area contributed by atoms with E-state index in [1.807, 2.05) is 18.2 Å². The van der Waals surface area contributed by atoms with Crippen molar-refractivity contribution in [2.24, 2.45) is 5.73 Å². The molecule has 1 aromatic carbocycles. The highest BCUT2D eigenvalue weighted by Crippen LogP contribution is 2.27. The van der Waals surface area contributed by atoms with Gasteiger partial charge in [0.15, 0.2) is 0 Å². The van der Waals surface area contributed by atoms with Crippen LogP contribution < -0.4 is 5.73 Å². The van der Waals surface area contributed by atoms with Crippen molar-refractivity contribution >= 4 is 27.5 Å². The van der Waals surface area contributed by atoms with Crippen molar-refractivity contribution in [1.82, 2.24) is 4.90 Å². The SMILES string of the molecule is CCCN(CC)CCC(N)c1ccc(Br)cc1Cl. The Hall–Kier alpha value is -0.0900. The van der Waals surface area contributed by atoms with Gasteiger partial charge < -0.3 is 10.6 Å². The molecule has 1 unspecified atom stereocenters. The molecule has 0 amide bonds. The van der Waals surface area contributed by atoms with Gasteiger partial charge in [-0.25, -0.2) is 0 Å². The number of hydrogen-bond donors (Lipinski definition) is 1. The highest BCUT2D eigenvalue weighted by Gasteiger charge is 2.12. The fourth-order valence-corrected chi connectivity index (χ4v) is 2.84. The van der Waals surface area contributed by atoms with Crippen LogP contribution in [0.1, 0.15) is 38.3 Å². The van der Waals surface area contributed by atoms with Crippen LogP contribution in [-0.2, 0) is 0 Å². The normalized spacial score (nSPS) is 13.0. The Balaban J connectivity index is 2.56. The minimum atomic E-state index is 0.0107. The van der Waals surface area contributed by atoms with Gasteiger partial charge in [-0.1, -0.05) is 47.4 Å². The van der Waals surface area contributed by atoms with Gasteiger partial charge in [0.05, 0.1) is 0 Å². The molecule has 0 heterocycles. The summed E-state index contributed by atoms with van der Waals surface area (Å²) in [4.78, 5) is 2.42. The molecule has 0 aliphatic carbocycles. The summed E-state index contributed by atoms with van der Waals surface area (Å²) in [6.07, 6.45) is 2.12. The average Bonchev–Trinajstić information content (AvgIpc) is 2.34. The van der Waals surface area contributed by atoms with E-state index in [0.717, 1.165) is 41.1 Å². The minimum Gasteiger partial charge on any atom is -0.324 e. The summed E-state index contributed by atoms with van der Waals surface area (Å²) in [5, 5.41) is 0.746. The van der Waals surface area contributed by atoms with Gasteiger partial charge in [-0.2, -0.15) is 0 Å². The third kappa shape index (κ3) is 4.88. The van der Waals surface area contributed by atoms with Crippen LogP contribution >= 0.6 is 27.5 Å². The van der Waals surface area contributed by atoms with Gasteiger partial charge in [0.1, 0.15) is 0 Å². The van der Waals surface area contributed by atoms with Crippen LogP contribution in [0.4, 0.5) is 0 Å². The maximum atomic E-state index is 6.22. The number of nitrogens with two attached hydrogens (primary N) is 1. The Bertz CT molecular complexity index is 371. The van der Waals surface area contributed by atoms with E-state index in [1.165, 1.54) is 6.42 Å². The van der Waals surface area contributed by atoms with Crippen LogP contribution in [0.15, 0.2) is 22.7 Å². The lowest BCUT2D eigenvalue weighted by Crippen LogP contribution is -2.28. The maximum Gasteiger partial charge on any atom is 0.0464 e. The molecule has 0 fully saturated rings. The molecular formula is C14H22BrClN2. The Kier molecular flexibility index (Phi) is 7.23. The van der Waals surface area contributed by atoms with E-state index in [1.54, 1.807) is 0 Å². The molecule has 0 aliphatic heterocycles. The van der Waals surface area contributed by atoms with Crippen LogP contribution in [0, 0.1) is 0 Å². The second kappa shape index (κ2) is 8.16. The summed E-state index contributed by atoms with van der Waals surface area (Å²) in [5.74, 6) is 0. The second-order valence-corrected chi connectivity index (χ2v) is 5.82. The lowest BCUT2D eigenvalue weighted by atomic mass is 10.0. The predicted octanol–water partition coefficient (Wildman–Crippen LogP) is 4.22. The quantitative estimate of drug-likeness (QED) is 0.809. The van der Waals surface area contributed by atoms with Gasteiger partial charge in [-0.3, -0.25) is 0 Å². The molecule has 0 saturated carbocycles. The van der Waals surface area contributed by atoms with Crippen LogP contribution in [0.2, 0.25) is 5.02 Å². The molecule has 18 heavy (non-hydrogen) atoms. The van der Waals surface area contributed by atoms with Crippen molar-refractivity contribution in [3.63, 3.8) is 0 Å². The van der Waals surface area contributed by atoms with Gasteiger partial charge in [-0.05, 0) is 50.2 Å². The molecule has 2 N–H and O–H groups in total. The van der Waals surface area contributed by atoms with Crippen LogP contribution in [0.25, 0.3) is 0 Å². The van der Waals surface area contributed by atoms with Gasteiger partial charge in [0.2, 0.25) is 0 Å². The summed E-state index contributed by atoms with van der Waals surface area (Å²) in [5.41, 5.74) is 7.25. The lowest BCUT2D eigenvalue weighted by Gasteiger charge is -2.22. The first-order valence-electron chi connectivity index (χ1n) is 6.51. The van der Waals surface area contributed by atoms with E-state index < -0.39 is 0 Å². The molecule has 0 aromatic heterocycles. The topological polar surface area (TPSA) is 29.3 Å². The molecule has 4 heteroatoms. The smallest absolute Gasteiger partial charge is 0.0464 e. The fourth-order valence-electron chi connectivity index (χ4n) is 2.02. The first kappa shape index (κ1) is 16.0. The van der Waals surface area contributed by atoms with Crippen molar-refractivity contribution in [3.8, 4) is 0 Å². The summed E-state index contributed by atoms with van der Waals surface area (Å²) >= 11 is 9.62. The fraction of sp³-hybridized carbons (Fsp3) is 0.571. The van der Waals surface area contributed by atoms with Gasteiger partial charge in [-0.15, -0.1) is 0 Å². The summed E-state index contributed by atoms with van der Waals surface area (Å²) < 4.78 is 0.990. The largest absolute Gasteiger partial charge is 0.324 e. The molecule has 0 saturated heterocycles. The molecular weight excluding hydrogens is 312 g/mol. The third-order valence-corrected chi connectivity index (χ3v) is 3.93. The Morgan fingerprint density at radius 3 is 2.61 bits per heavy atom. The summed E-state index contributed by atoms with van der Waals surface area (Å²) in [6.45, 7) is 7.63. The molecule has 0 radical (unpaired) electrons. The van der Waals surface area contributed by atoms with E-state index in [9.17, 15) is 0 Å². The van der Waals surface area contributed by atoms with Crippen LogP contribution in [0.5, 0.6) is 0 Å². The van der Waals surface area contributed by atoms with Crippen molar-refractivity contribution < 1.29 is 0 Å². The molecule has 1 rings (SSSR count). The van der Waals surface area contributed by atoms with Crippen molar-refractivity contribution in [3.05, 3.63) is 33.3 Å². The minimum absolute atomic E-state index is 0.0107. The van der Waals surface area contributed by atoms with E-state index in [-0.39, 0.29) is 6.04 Å². The van der Waals surface area contributed by atoms with Crippen LogP contribution in [-0.4, -0.2) is 24.5 Å². The second-order valence-electron chi connectivity index (χ2n) is 4.50. The average molecular weight is 334 g/mol. The standard InChI is InChI=1S/C14H22BrClN2/c1-3-8-18(4-2)9-7-14(17)12-6-5-11(15)10-13(12)16/h5-6,10,14H,3-4,7-9,17H2,1-2H3. The van der Waals surface area contributed by atoms with Gasteiger partial charge in [0.25, 0.3) is 0 Å². The van der Waals surface area contributed by atoms with Crippen LogP contribution in [0.3, 0.4) is 0 Å². The van der Waals surface area contributed by atoms with E-state index in [0.29, 0.717) is 0 Å². The molecule has 2 nitrogen and oxygen atoms in total. The van der Waals surface area contributed by atoms with Crippen molar-refractivity contribution in [2.75, 3.05) is 19.6 Å². The van der Waals surface area contributed by atoms with E-state index in [2.05, 4.69) is 34.7 Å². The molecule has 0 spiro atoms. The zero-order chi connectivity index (χ0) is 13.5. The van der Waals surface area contributed by atoms with E-state index >= 15 is 0 Å². The molecule has 0 aliphatic rings. The number of hydrogen-bond acceptors (Lipinski definition) is 2. The number of benzene rings is 1. The maximum absolute atomic E-state index is 6.22. The predicted molar refractivity (Wildman–Crippen MR) is 83.1 cm³/mol. The van der Waals surface area contributed by atoms with Gasteiger partial charge >= 0.3 is 0 Å². The zero-order valence-electron chi connectivity index (χ0n) is 11.1. The van der Waals surface area contributed by atoms with E-state index in [4.69, 9.17) is 17.3 Å². The summed E-state index contributed by atoms with van der Waals surface area (Å²) in [6, 6.07) is 5.91. The summed E-state index contributed by atoms with van der Waals surface area (Å²) in [7, 11) is 0. The highest BCUT2D eigenvalue weighted by molar-refractivity contribution is 9.10. The van der Waals surface area contributed by atoms with Crippen molar-refractivity contribution in [1.29, 1.82) is 0 Å². The Labute approximate surface area is 124 Å². The number of nitrogens with zero attached hydrogens (tertiary/aromatic N) is 1. The first-order chi connectivity index (χ1) is 8.58. The third-order valence-electron chi connectivity index (χ3n) is 3.11. The molecule has 102 valence electrons.